The van der Waals surface area contributed by atoms with Gasteiger partial charge in [-0.25, -0.2) is 0 Å². The Labute approximate surface area is 135 Å². The highest BCUT2D eigenvalue weighted by Crippen LogP contribution is 2.27. The van der Waals surface area contributed by atoms with Gasteiger partial charge in [-0.2, -0.15) is 0 Å². The lowest BCUT2D eigenvalue weighted by atomic mass is 10.1. The lowest BCUT2D eigenvalue weighted by molar-refractivity contribution is -0.152. The van der Waals surface area contributed by atoms with Crippen LogP contribution in [0.15, 0.2) is 18.2 Å². The molecule has 0 radical (unpaired) electrons. The standard InChI is InChI=1S/C15H20Cl2N2O2/c1-3-21-15(20)14-10-18(2)7-8-19(14)9-11-12(16)5-4-6-13(11)17/h4-6,14H,3,7-10H2,1-2H3. The van der Waals surface area contributed by atoms with Crippen LogP contribution >= 0.6 is 23.2 Å². The molecule has 1 heterocycles. The fourth-order valence-corrected chi connectivity index (χ4v) is 3.01. The molecule has 6 heteroatoms. The molecule has 1 atom stereocenters. The number of benzene rings is 1. The van der Waals surface area contributed by atoms with E-state index >= 15 is 0 Å². The van der Waals surface area contributed by atoms with Gasteiger partial charge in [0.2, 0.25) is 0 Å². The molecule has 1 aliphatic heterocycles. The van der Waals surface area contributed by atoms with Crippen molar-refractivity contribution in [1.29, 1.82) is 0 Å². The summed E-state index contributed by atoms with van der Waals surface area (Å²) in [5.74, 6) is -0.188. The third-order valence-corrected chi connectivity index (χ3v) is 4.38. The van der Waals surface area contributed by atoms with E-state index in [4.69, 9.17) is 27.9 Å². The van der Waals surface area contributed by atoms with E-state index in [0.717, 1.165) is 18.7 Å². The van der Waals surface area contributed by atoms with Crippen molar-refractivity contribution in [2.24, 2.45) is 0 Å². The summed E-state index contributed by atoms with van der Waals surface area (Å²) in [5.41, 5.74) is 0.861. The van der Waals surface area contributed by atoms with Crippen molar-refractivity contribution in [3.05, 3.63) is 33.8 Å². The van der Waals surface area contributed by atoms with Gasteiger partial charge in [-0.1, -0.05) is 29.3 Å². The SMILES string of the molecule is CCOC(=O)C1CN(C)CCN1Cc1c(Cl)cccc1Cl. The molecule has 1 aromatic carbocycles. The van der Waals surface area contributed by atoms with E-state index in [1.165, 1.54) is 0 Å². The van der Waals surface area contributed by atoms with Crippen LogP contribution in [0.25, 0.3) is 0 Å². The van der Waals surface area contributed by atoms with Crippen molar-refractivity contribution >= 4 is 29.2 Å². The van der Waals surface area contributed by atoms with Crippen LogP contribution in [0.2, 0.25) is 10.0 Å². The maximum absolute atomic E-state index is 12.2. The summed E-state index contributed by atoms with van der Waals surface area (Å²) in [4.78, 5) is 16.4. The summed E-state index contributed by atoms with van der Waals surface area (Å²) in [7, 11) is 2.01. The van der Waals surface area contributed by atoms with E-state index in [1.807, 2.05) is 32.2 Å². The summed E-state index contributed by atoms with van der Waals surface area (Å²) in [6.45, 7) is 5.09. The minimum atomic E-state index is -0.281. The molecule has 0 saturated carbocycles. The summed E-state index contributed by atoms with van der Waals surface area (Å²) in [6.07, 6.45) is 0. The topological polar surface area (TPSA) is 32.8 Å². The first-order valence-electron chi connectivity index (χ1n) is 7.05. The summed E-state index contributed by atoms with van der Waals surface area (Å²) in [5, 5.41) is 1.26. The average Bonchev–Trinajstić information content (AvgIpc) is 2.44. The largest absolute Gasteiger partial charge is 0.465 e. The van der Waals surface area contributed by atoms with Crippen LogP contribution in [-0.4, -0.2) is 55.1 Å². The van der Waals surface area contributed by atoms with Gasteiger partial charge in [0, 0.05) is 41.8 Å². The van der Waals surface area contributed by atoms with Gasteiger partial charge in [-0.15, -0.1) is 0 Å². The molecule has 2 rings (SSSR count). The van der Waals surface area contributed by atoms with Gasteiger partial charge in [0.25, 0.3) is 0 Å². The molecular weight excluding hydrogens is 311 g/mol. The zero-order valence-corrected chi connectivity index (χ0v) is 13.8. The van der Waals surface area contributed by atoms with Gasteiger partial charge in [-0.3, -0.25) is 9.69 Å². The lowest BCUT2D eigenvalue weighted by Gasteiger charge is -2.38. The third-order valence-electron chi connectivity index (χ3n) is 3.68. The monoisotopic (exact) mass is 330 g/mol. The smallest absolute Gasteiger partial charge is 0.324 e. The van der Waals surface area contributed by atoms with E-state index in [0.29, 0.717) is 29.7 Å². The molecule has 0 spiro atoms. The summed E-state index contributed by atoms with van der Waals surface area (Å²) in [6, 6.07) is 5.17. The highest BCUT2D eigenvalue weighted by molar-refractivity contribution is 6.35. The molecule has 4 nitrogen and oxygen atoms in total. The zero-order chi connectivity index (χ0) is 15.4. The highest BCUT2D eigenvalue weighted by Gasteiger charge is 2.32. The van der Waals surface area contributed by atoms with Crippen LogP contribution in [0, 0.1) is 0 Å². The summed E-state index contributed by atoms with van der Waals surface area (Å²) >= 11 is 12.5. The average molecular weight is 331 g/mol. The van der Waals surface area contributed by atoms with E-state index in [-0.39, 0.29) is 12.0 Å². The Morgan fingerprint density at radius 3 is 2.62 bits per heavy atom. The predicted octanol–water partition coefficient (Wildman–Crippen LogP) is 2.67. The second-order valence-electron chi connectivity index (χ2n) is 5.20. The quantitative estimate of drug-likeness (QED) is 0.794. The number of hydrogen-bond acceptors (Lipinski definition) is 4. The van der Waals surface area contributed by atoms with Crippen molar-refractivity contribution < 1.29 is 9.53 Å². The number of halogens is 2. The Kier molecular flexibility index (Phi) is 5.88. The second-order valence-corrected chi connectivity index (χ2v) is 6.02. The van der Waals surface area contributed by atoms with E-state index < -0.39 is 0 Å². The van der Waals surface area contributed by atoms with Crippen LogP contribution in [0.3, 0.4) is 0 Å². The van der Waals surface area contributed by atoms with Crippen LogP contribution < -0.4 is 0 Å². The molecule has 1 saturated heterocycles. The Balaban J connectivity index is 2.17. The molecule has 0 amide bonds. The molecule has 116 valence electrons. The Morgan fingerprint density at radius 1 is 1.33 bits per heavy atom. The van der Waals surface area contributed by atoms with Crippen LogP contribution in [-0.2, 0) is 16.1 Å². The van der Waals surface area contributed by atoms with E-state index in [2.05, 4.69) is 9.80 Å². The molecule has 0 aromatic heterocycles. The van der Waals surface area contributed by atoms with E-state index in [1.54, 1.807) is 0 Å². The molecule has 1 aliphatic rings. The van der Waals surface area contributed by atoms with Crippen molar-refractivity contribution in [2.45, 2.75) is 19.5 Å². The maximum atomic E-state index is 12.2. The van der Waals surface area contributed by atoms with Gasteiger partial charge in [0.15, 0.2) is 0 Å². The normalized spacial score (nSPS) is 20.5. The first-order valence-corrected chi connectivity index (χ1v) is 7.80. The van der Waals surface area contributed by atoms with Gasteiger partial charge in [0.05, 0.1) is 6.61 Å². The number of ether oxygens (including phenoxy) is 1. The number of nitrogens with zero attached hydrogens (tertiary/aromatic N) is 2. The van der Waals surface area contributed by atoms with Crippen LogP contribution in [0.4, 0.5) is 0 Å². The minimum absolute atomic E-state index is 0.188. The van der Waals surface area contributed by atoms with Crippen molar-refractivity contribution in [3.8, 4) is 0 Å². The first-order chi connectivity index (χ1) is 10.0. The van der Waals surface area contributed by atoms with Gasteiger partial charge >= 0.3 is 5.97 Å². The van der Waals surface area contributed by atoms with Crippen molar-refractivity contribution in [3.63, 3.8) is 0 Å². The molecule has 1 fully saturated rings. The number of esters is 1. The number of likely N-dealkylation sites (N-methyl/N-ethyl adjacent to an activating group) is 1. The molecule has 0 N–H and O–H groups in total. The summed E-state index contributed by atoms with van der Waals surface area (Å²) < 4.78 is 5.18. The molecule has 21 heavy (non-hydrogen) atoms. The number of piperazine rings is 1. The molecule has 0 aliphatic carbocycles. The van der Waals surface area contributed by atoms with Crippen LogP contribution in [0.1, 0.15) is 12.5 Å². The van der Waals surface area contributed by atoms with Crippen LogP contribution in [0.5, 0.6) is 0 Å². The molecule has 0 bridgehead atoms. The lowest BCUT2D eigenvalue weighted by Crippen LogP contribution is -2.55. The molecular formula is C15H20Cl2N2O2. The fraction of sp³-hybridized carbons (Fsp3) is 0.533. The number of rotatable bonds is 4. The zero-order valence-electron chi connectivity index (χ0n) is 12.3. The number of carbonyl (C=O) groups is 1. The Morgan fingerprint density at radius 2 is 2.00 bits per heavy atom. The number of carbonyl (C=O) groups excluding carboxylic acids is 1. The second kappa shape index (κ2) is 7.45. The maximum Gasteiger partial charge on any atom is 0.324 e. The number of hydrogen-bond donors (Lipinski definition) is 0. The highest BCUT2D eigenvalue weighted by atomic mass is 35.5. The van der Waals surface area contributed by atoms with Crippen molar-refractivity contribution in [2.75, 3.05) is 33.3 Å². The van der Waals surface area contributed by atoms with Gasteiger partial charge in [-0.05, 0) is 26.1 Å². The third kappa shape index (κ3) is 4.10. The predicted molar refractivity (Wildman–Crippen MR) is 84.8 cm³/mol. The molecule has 1 aromatic rings. The Bertz CT molecular complexity index is 490. The minimum Gasteiger partial charge on any atom is -0.465 e. The molecule has 1 unspecified atom stereocenters. The van der Waals surface area contributed by atoms with Gasteiger partial charge < -0.3 is 9.64 Å². The Hall–Kier alpha value is -0.810. The van der Waals surface area contributed by atoms with E-state index in [9.17, 15) is 4.79 Å². The van der Waals surface area contributed by atoms with Crippen molar-refractivity contribution in [1.82, 2.24) is 9.80 Å². The fourth-order valence-electron chi connectivity index (χ4n) is 2.49. The van der Waals surface area contributed by atoms with Gasteiger partial charge in [0.1, 0.15) is 6.04 Å². The first kappa shape index (κ1) is 16.6.